The zero-order valence-corrected chi connectivity index (χ0v) is 7.41. The molecule has 1 nitrogen and oxygen atoms in total. The zero-order valence-electron chi connectivity index (χ0n) is 5.69. The molecule has 0 unspecified atom stereocenters. The van der Waals surface area contributed by atoms with E-state index in [1.54, 1.807) is 0 Å². The Morgan fingerprint density at radius 3 is 1.62 bits per heavy atom. The molecule has 0 heterocycles. The van der Waals surface area contributed by atoms with Crippen LogP contribution in [0.4, 0.5) is 0 Å². The predicted molar refractivity (Wildman–Crippen MR) is 43.4 cm³/mol. The lowest BCUT2D eigenvalue weighted by Crippen LogP contribution is -2.32. The van der Waals surface area contributed by atoms with E-state index in [0.717, 1.165) is 5.57 Å². The molecule has 0 radical (unpaired) electrons. The highest BCUT2D eigenvalue weighted by Crippen LogP contribution is 2.06. The number of halogens is 1. The highest BCUT2D eigenvalue weighted by Gasteiger charge is 2.08. The lowest BCUT2D eigenvalue weighted by atomic mass is 9.99. The van der Waals surface area contributed by atoms with Crippen LogP contribution in [0.25, 0.3) is 0 Å². The van der Waals surface area contributed by atoms with Crippen LogP contribution in [0.2, 0.25) is 0 Å². The molecule has 0 aliphatic heterocycles. The van der Waals surface area contributed by atoms with E-state index in [4.69, 9.17) is 5.73 Å². The van der Waals surface area contributed by atoms with E-state index in [1.165, 1.54) is 0 Å². The summed E-state index contributed by atoms with van der Waals surface area (Å²) in [6, 6.07) is 0. The van der Waals surface area contributed by atoms with Gasteiger partial charge in [0.25, 0.3) is 0 Å². The van der Waals surface area contributed by atoms with Crippen LogP contribution in [0.1, 0.15) is 20.8 Å². The molecule has 2 N–H and O–H groups in total. The van der Waals surface area contributed by atoms with E-state index in [9.17, 15) is 0 Å². The van der Waals surface area contributed by atoms with Gasteiger partial charge >= 0.3 is 0 Å². The molecule has 0 aliphatic rings. The third-order valence-corrected chi connectivity index (χ3v) is 1.10. The topological polar surface area (TPSA) is 26.0 Å². The second-order valence-electron chi connectivity index (χ2n) is 2.50. The van der Waals surface area contributed by atoms with Gasteiger partial charge in [0.05, 0.1) is 0 Å². The Hall–Kier alpha value is 0.180. The van der Waals surface area contributed by atoms with Gasteiger partial charge in [-0.05, 0) is 20.8 Å². The SMILES string of the molecule is Br.C=C(C)C(C)(C)N. The predicted octanol–water partition coefficient (Wildman–Crippen LogP) is 1.88. The van der Waals surface area contributed by atoms with Crippen LogP contribution in [-0.2, 0) is 0 Å². The van der Waals surface area contributed by atoms with Gasteiger partial charge in [0, 0.05) is 5.54 Å². The van der Waals surface area contributed by atoms with E-state index in [2.05, 4.69) is 6.58 Å². The minimum Gasteiger partial charge on any atom is -0.322 e. The van der Waals surface area contributed by atoms with Gasteiger partial charge in [0.15, 0.2) is 0 Å². The number of hydrogen-bond donors (Lipinski definition) is 1. The Labute approximate surface area is 61.7 Å². The molecule has 2 heteroatoms. The van der Waals surface area contributed by atoms with Crippen LogP contribution in [-0.4, -0.2) is 5.54 Å². The van der Waals surface area contributed by atoms with Crippen molar-refractivity contribution in [1.29, 1.82) is 0 Å². The van der Waals surface area contributed by atoms with Gasteiger partial charge in [-0.3, -0.25) is 0 Å². The fourth-order valence-corrected chi connectivity index (χ4v) is 0. The second kappa shape index (κ2) is 3.25. The molecule has 0 rings (SSSR count). The molecule has 0 fully saturated rings. The highest BCUT2D eigenvalue weighted by molar-refractivity contribution is 8.93. The standard InChI is InChI=1S/C6H13N.BrH/c1-5(2)6(3,4)7;/h1,7H2,2-4H3;1H. The molecule has 0 aromatic heterocycles. The second-order valence-corrected chi connectivity index (χ2v) is 2.50. The van der Waals surface area contributed by atoms with Crippen LogP contribution >= 0.6 is 17.0 Å². The molecule has 0 saturated carbocycles. The van der Waals surface area contributed by atoms with Crippen molar-refractivity contribution in [1.82, 2.24) is 0 Å². The number of hydrogen-bond acceptors (Lipinski definition) is 1. The van der Waals surface area contributed by atoms with Crippen molar-refractivity contribution < 1.29 is 0 Å². The van der Waals surface area contributed by atoms with Crippen molar-refractivity contribution in [2.75, 3.05) is 0 Å². The first-order valence-electron chi connectivity index (χ1n) is 2.39. The van der Waals surface area contributed by atoms with E-state index in [1.807, 2.05) is 20.8 Å². The summed E-state index contributed by atoms with van der Waals surface area (Å²) in [4.78, 5) is 0. The third-order valence-electron chi connectivity index (χ3n) is 1.10. The Morgan fingerprint density at radius 2 is 1.62 bits per heavy atom. The average Bonchev–Trinajstić information content (AvgIpc) is 1.31. The average molecular weight is 180 g/mol. The van der Waals surface area contributed by atoms with Gasteiger partial charge in [0.1, 0.15) is 0 Å². The molecular formula is C6H14BrN. The fourth-order valence-electron chi connectivity index (χ4n) is 0. The van der Waals surface area contributed by atoms with E-state index < -0.39 is 0 Å². The summed E-state index contributed by atoms with van der Waals surface area (Å²) in [5, 5.41) is 0. The van der Waals surface area contributed by atoms with Crippen molar-refractivity contribution in [3.05, 3.63) is 12.2 Å². The van der Waals surface area contributed by atoms with Crippen molar-refractivity contribution in [2.24, 2.45) is 5.73 Å². The number of rotatable bonds is 1. The van der Waals surface area contributed by atoms with Crippen LogP contribution < -0.4 is 5.73 Å². The normalized spacial score (nSPS) is 10.0. The minimum absolute atomic E-state index is 0. The van der Waals surface area contributed by atoms with Crippen molar-refractivity contribution in [3.63, 3.8) is 0 Å². The summed E-state index contributed by atoms with van der Waals surface area (Å²) in [5.41, 5.74) is 6.41. The first-order valence-corrected chi connectivity index (χ1v) is 2.39. The van der Waals surface area contributed by atoms with Gasteiger partial charge in [0.2, 0.25) is 0 Å². The van der Waals surface area contributed by atoms with Gasteiger partial charge < -0.3 is 5.73 Å². The Morgan fingerprint density at radius 1 is 1.50 bits per heavy atom. The highest BCUT2D eigenvalue weighted by atomic mass is 79.9. The Bertz CT molecular complexity index is 81.0. The van der Waals surface area contributed by atoms with Gasteiger partial charge in [-0.15, -0.1) is 17.0 Å². The Balaban J connectivity index is 0. The van der Waals surface area contributed by atoms with Crippen LogP contribution in [0.3, 0.4) is 0 Å². The number of nitrogens with two attached hydrogens (primary N) is 1. The quantitative estimate of drug-likeness (QED) is 0.612. The van der Waals surface area contributed by atoms with Crippen molar-refractivity contribution >= 4 is 17.0 Å². The molecule has 0 aliphatic carbocycles. The van der Waals surface area contributed by atoms with E-state index >= 15 is 0 Å². The maximum atomic E-state index is 5.58. The summed E-state index contributed by atoms with van der Waals surface area (Å²) in [5.74, 6) is 0. The molecule has 0 amide bonds. The molecule has 0 bridgehead atoms. The minimum atomic E-state index is -0.194. The largest absolute Gasteiger partial charge is 0.322 e. The smallest absolute Gasteiger partial charge is 0.0306 e. The first-order chi connectivity index (χ1) is 2.94. The maximum absolute atomic E-state index is 5.58. The molecule has 50 valence electrons. The molecule has 0 aromatic rings. The summed E-state index contributed by atoms with van der Waals surface area (Å²) in [6.07, 6.45) is 0. The van der Waals surface area contributed by atoms with Crippen LogP contribution in [0.15, 0.2) is 12.2 Å². The molecule has 0 saturated heterocycles. The summed E-state index contributed by atoms with van der Waals surface area (Å²) in [6.45, 7) is 9.51. The molecular weight excluding hydrogens is 166 g/mol. The van der Waals surface area contributed by atoms with Gasteiger partial charge in [-0.2, -0.15) is 0 Å². The first kappa shape index (κ1) is 11.0. The maximum Gasteiger partial charge on any atom is 0.0306 e. The Kier molecular flexibility index (Phi) is 4.49. The monoisotopic (exact) mass is 179 g/mol. The fraction of sp³-hybridized carbons (Fsp3) is 0.667. The van der Waals surface area contributed by atoms with Crippen LogP contribution in [0, 0.1) is 0 Å². The van der Waals surface area contributed by atoms with E-state index in [0.29, 0.717) is 0 Å². The summed E-state index contributed by atoms with van der Waals surface area (Å²) < 4.78 is 0. The lowest BCUT2D eigenvalue weighted by Gasteiger charge is -2.17. The lowest BCUT2D eigenvalue weighted by molar-refractivity contribution is 0.614. The molecule has 0 atom stereocenters. The van der Waals surface area contributed by atoms with Crippen molar-refractivity contribution in [3.8, 4) is 0 Å². The zero-order chi connectivity index (χ0) is 6.08. The third kappa shape index (κ3) is 4.34. The summed E-state index contributed by atoms with van der Waals surface area (Å²) >= 11 is 0. The van der Waals surface area contributed by atoms with Crippen molar-refractivity contribution in [2.45, 2.75) is 26.3 Å². The molecule has 0 spiro atoms. The molecule has 8 heavy (non-hydrogen) atoms. The van der Waals surface area contributed by atoms with Crippen LogP contribution in [0.5, 0.6) is 0 Å². The van der Waals surface area contributed by atoms with E-state index in [-0.39, 0.29) is 22.5 Å². The van der Waals surface area contributed by atoms with Gasteiger partial charge in [-0.25, -0.2) is 0 Å². The van der Waals surface area contributed by atoms with Gasteiger partial charge in [-0.1, -0.05) is 12.2 Å². The summed E-state index contributed by atoms with van der Waals surface area (Å²) in [7, 11) is 0. The molecule has 0 aromatic carbocycles.